The summed E-state index contributed by atoms with van der Waals surface area (Å²) < 4.78 is 2.09. The molecule has 0 saturated heterocycles. The van der Waals surface area contributed by atoms with Gasteiger partial charge in [-0.15, -0.1) is 0 Å². The fourth-order valence-electron chi connectivity index (χ4n) is 2.61. The van der Waals surface area contributed by atoms with Crippen molar-refractivity contribution in [3.05, 3.63) is 29.1 Å². The van der Waals surface area contributed by atoms with E-state index in [4.69, 9.17) is 0 Å². The Kier molecular flexibility index (Phi) is 5.00. The van der Waals surface area contributed by atoms with Crippen LogP contribution < -0.4 is 5.32 Å². The van der Waals surface area contributed by atoms with Crippen molar-refractivity contribution >= 4 is 0 Å². The van der Waals surface area contributed by atoms with Gasteiger partial charge in [0, 0.05) is 13.1 Å². The van der Waals surface area contributed by atoms with Crippen LogP contribution >= 0.6 is 0 Å². The Labute approximate surface area is 110 Å². The molecule has 18 heavy (non-hydrogen) atoms. The standard InChI is InChI=1S/C15H25N3/c1-3-18-15(11-13(2)17-18)12-16-10-9-14-7-5-4-6-8-14/h7,11,16H,3-6,8-10,12H2,1-2H3. The van der Waals surface area contributed by atoms with Gasteiger partial charge in [-0.2, -0.15) is 5.10 Å². The van der Waals surface area contributed by atoms with Gasteiger partial charge in [-0.25, -0.2) is 0 Å². The summed E-state index contributed by atoms with van der Waals surface area (Å²) in [7, 11) is 0. The van der Waals surface area contributed by atoms with Crippen LogP contribution in [0.5, 0.6) is 0 Å². The van der Waals surface area contributed by atoms with Gasteiger partial charge in [-0.3, -0.25) is 4.68 Å². The Balaban J connectivity index is 1.73. The van der Waals surface area contributed by atoms with Crippen molar-refractivity contribution in [2.24, 2.45) is 0 Å². The maximum atomic E-state index is 4.46. The molecule has 1 aliphatic rings. The quantitative estimate of drug-likeness (QED) is 0.618. The van der Waals surface area contributed by atoms with Gasteiger partial charge < -0.3 is 5.32 Å². The molecule has 0 saturated carbocycles. The Bertz CT molecular complexity index is 404. The van der Waals surface area contributed by atoms with E-state index in [-0.39, 0.29) is 0 Å². The summed E-state index contributed by atoms with van der Waals surface area (Å²) in [4.78, 5) is 0. The van der Waals surface area contributed by atoms with Crippen molar-refractivity contribution in [1.29, 1.82) is 0 Å². The predicted octanol–water partition coefficient (Wildman–Crippen LogP) is 3.19. The van der Waals surface area contributed by atoms with Crippen molar-refractivity contribution in [2.75, 3.05) is 6.54 Å². The van der Waals surface area contributed by atoms with Crippen molar-refractivity contribution in [1.82, 2.24) is 15.1 Å². The highest BCUT2D eigenvalue weighted by molar-refractivity contribution is 5.09. The van der Waals surface area contributed by atoms with Crippen LogP contribution in [0.15, 0.2) is 17.7 Å². The first-order valence-electron chi connectivity index (χ1n) is 7.21. The lowest BCUT2D eigenvalue weighted by molar-refractivity contribution is 0.573. The molecule has 0 bridgehead atoms. The summed E-state index contributed by atoms with van der Waals surface area (Å²) in [6, 6.07) is 2.18. The van der Waals surface area contributed by atoms with Gasteiger partial charge in [0.2, 0.25) is 0 Å². The molecule has 1 aromatic rings. The normalized spacial score (nSPS) is 15.8. The number of rotatable bonds is 6. The van der Waals surface area contributed by atoms with Gasteiger partial charge in [0.05, 0.1) is 11.4 Å². The largest absolute Gasteiger partial charge is 0.311 e. The van der Waals surface area contributed by atoms with E-state index < -0.39 is 0 Å². The number of nitrogens with one attached hydrogen (secondary N) is 1. The van der Waals surface area contributed by atoms with E-state index in [1.165, 1.54) is 37.8 Å². The molecule has 3 nitrogen and oxygen atoms in total. The summed E-state index contributed by atoms with van der Waals surface area (Å²) in [5.74, 6) is 0. The number of hydrogen-bond acceptors (Lipinski definition) is 2. The van der Waals surface area contributed by atoms with E-state index in [0.29, 0.717) is 0 Å². The van der Waals surface area contributed by atoms with E-state index in [0.717, 1.165) is 25.3 Å². The lowest BCUT2D eigenvalue weighted by Crippen LogP contribution is -2.18. The van der Waals surface area contributed by atoms with Gasteiger partial charge in [-0.1, -0.05) is 11.6 Å². The SMILES string of the molecule is CCn1nc(C)cc1CNCCC1=CCCCC1. The molecule has 0 radical (unpaired) electrons. The number of aromatic nitrogens is 2. The highest BCUT2D eigenvalue weighted by atomic mass is 15.3. The van der Waals surface area contributed by atoms with E-state index in [1.54, 1.807) is 5.57 Å². The van der Waals surface area contributed by atoms with Crippen molar-refractivity contribution in [3.63, 3.8) is 0 Å². The topological polar surface area (TPSA) is 29.9 Å². The molecule has 1 aliphatic carbocycles. The first kappa shape index (κ1) is 13.3. The van der Waals surface area contributed by atoms with Crippen LogP contribution in [0.25, 0.3) is 0 Å². The van der Waals surface area contributed by atoms with E-state index in [1.807, 2.05) is 0 Å². The van der Waals surface area contributed by atoms with E-state index >= 15 is 0 Å². The average molecular weight is 247 g/mol. The fourth-order valence-corrected chi connectivity index (χ4v) is 2.61. The predicted molar refractivity (Wildman–Crippen MR) is 75.5 cm³/mol. The third-order valence-electron chi connectivity index (χ3n) is 3.60. The maximum Gasteiger partial charge on any atom is 0.0597 e. The third-order valence-corrected chi connectivity index (χ3v) is 3.60. The van der Waals surface area contributed by atoms with Crippen LogP contribution in [0.3, 0.4) is 0 Å². The summed E-state index contributed by atoms with van der Waals surface area (Å²) in [6.07, 6.45) is 9.01. The van der Waals surface area contributed by atoms with Crippen LogP contribution in [0.1, 0.15) is 50.4 Å². The molecule has 3 heteroatoms. The Morgan fingerprint density at radius 2 is 2.28 bits per heavy atom. The molecule has 2 rings (SSSR count). The van der Waals surface area contributed by atoms with Crippen LogP contribution in [-0.4, -0.2) is 16.3 Å². The third kappa shape index (κ3) is 3.70. The molecule has 0 aromatic carbocycles. The summed E-state index contributed by atoms with van der Waals surface area (Å²) in [6.45, 7) is 7.17. The summed E-state index contributed by atoms with van der Waals surface area (Å²) in [5, 5.41) is 8.00. The highest BCUT2D eigenvalue weighted by Gasteiger charge is 2.05. The zero-order chi connectivity index (χ0) is 12.8. The zero-order valence-electron chi connectivity index (χ0n) is 11.7. The molecule has 0 fully saturated rings. The second kappa shape index (κ2) is 6.74. The molecule has 1 aromatic heterocycles. The first-order chi connectivity index (χ1) is 8.79. The molecule has 1 N–H and O–H groups in total. The van der Waals surface area contributed by atoms with Crippen LogP contribution in [0, 0.1) is 6.92 Å². The van der Waals surface area contributed by atoms with Crippen molar-refractivity contribution in [3.8, 4) is 0 Å². The molecule has 0 unspecified atom stereocenters. The Hall–Kier alpha value is -1.09. The molecule has 0 spiro atoms. The van der Waals surface area contributed by atoms with Crippen LogP contribution in [0.2, 0.25) is 0 Å². The highest BCUT2D eigenvalue weighted by Crippen LogP contribution is 2.19. The number of nitrogens with zero attached hydrogens (tertiary/aromatic N) is 2. The molecule has 0 aliphatic heterocycles. The van der Waals surface area contributed by atoms with E-state index in [9.17, 15) is 0 Å². The van der Waals surface area contributed by atoms with Crippen molar-refractivity contribution < 1.29 is 0 Å². The number of aryl methyl sites for hydroxylation is 2. The molecular weight excluding hydrogens is 222 g/mol. The van der Waals surface area contributed by atoms with Crippen LogP contribution in [0.4, 0.5) is 0 Å². The molecular formula is C15H25N3. The fraction of sp³-hybridized carbons (Fsp3) is 0.667. The van der Waals surface area contributed by atoms with Gasteiger partial charge in [0.25, 0.3) is 0 Å². The van der Waals surface area contributed by atoms with Gasteiger partial charge in [-0.05, 0) is 58.6 Å². The molecule has 1 heterocycles. The van der Waals surface area contributed by atoms with E-state index in [2.05, 4.69) is 41.1 Å². The first-order valence-corrected chi connectivity index (χ1v) is 7.21. The zero-order valence-corrected chi connectivity index (χ0v) is 11.7. The van der Waals surface area contributed by atoms with Gasteiger partial charge in [0.15, 0.2) is 0 Å². The minimum atomic E-state index is 0.932. The summed E-state index contributed by atoms with van der Waals surface area (Å²) in [5.41, 5.74) is 4.06. The van der Waals surface area contributed by atoms with Crippen LogP contribution in [-0.2, 0) is 13.1 Å². The Morgan fingerprint density at radius 3 is 3.00 bits per heavy atom. The minimum absolute atomic E-state index is 0.932. The lowest BCUT2D eigenvalue weighted by atomic mass is 9.97. The number of allylic oxidation sites excluding steroid dienone is 1. The smallest absolute Gasteiger partial charge is 0.0597 e. The van der Waals surface area contributed by atoms with Gasteiger partial charge in [0.1, 0.15) is 0 Å². The van der Waals surface area contributed by atoms with Crippen molar-refractivity contribution in [2.45, 2.75) is 59.0 Å². The second-order valence-corrected chi connectivity index (χ2v) is 5.13. The second-order valence-electron chi connectivity index (χ2n) is 5.13. The summed E-state index contributed by atoms with van der Waals surface area (Å²) >= 11 is 0. The molecule has 0 amide bonds. The molecule has 0 atom stereocenters. The monoisotopic (exact) mass is 247 g/mol. The maximum absolute atomic E-state index is 4.46. The number of hydrogen-bond donors (Lipinski definition) is 1. The molecule has 100 valence electrons. The Morgan fingerprint density at radius 1 is 1.39 bits per heavy atom. The van der Waals surface area contributed by atoms with Gasteiger partial charge >= 0.3 is 0 Å². The minimum Gasteiger partial charge on any atom is -0.311 e. The lowest BCUT2D eigenvalue weighted by Gasteiger charge is -2.13. The average Bonchev–Trinajstić information content (AvgIpc) is 2.76.